The minimum atomic E-state index is -0.274. The molecule has 160 valence electrons. The number of anilines is 2. The summed E-state index contributed by atoms with van der Waals surface area (Å²) < 4.78 is 0. The van der Waals surface area contributed by atoms with E-state index in [0.717, 1.165) is 48.1 Å². The maximum atomic E-state index is 12.3. The van der Waals surface area contributed by atoms with Gasteiger partial charge in [-0.3, -0.25) is 14.8 Å². The summed E-state index contributed by atoms with van der Waals surface area (Å²) in [4.78, 5) is 35.7. The number of nitrogens with zero attached hydrogens (tertiary/aromatic N) is 6. The summed E-state index contributed by atoms with van der Waals surface area (Å²) in [5.41, 5.74) is 4.05. The predicted octanol–water partition coefficient (Wildman–Crippen LogP) is 3.04. The molecule has 0 radical (unpaired) electrons. The first kappa shape index (κ1) is 21.2. The molecule has 0 unspecified atom stereocenters. The summed E-state index contributed by atoms with van der Waals surface area (Å²) in [5, 5.41) is 3.50. The van der Waals surface area contributed by atoms with Crippen molar-refractivity contribution in [2.75, 3.05) is 43.4 Å². The molecule has 1 N–H and O–H groups in total. The summed E-state index contributed by atoms with van der Waals surface area (Å²) in [5.74, 6) is -0.274. The molecule has 31 heavy (non-hydrogen) atoms. The molecule has 1 saturated heterocycles. The Bertz CT molecular complexity index is 1050. The number of likely N-dealkylation sites (N-methyl/N-ethyl adjacent to an activating group) is 1. The normalized spacial score (nSPS) is 14.5. The largest absolute Gasteiger partial charge is 0.366 e. The van der Waals surface area contributed by atoms with E-state index in [0.29, 0.717) is 16.5 Å². The van der Waals surface area contributed by atoms with Crippen LogP contribution in [-0.2, 0) is 0 Å². The van der Waals surface area contributed by atoms with Gasteiger partial charge in [0.1, 0.15) is 5.69 Å². The molecule has 1 aliphatic rings. The van der Waals surface area contributed by atoms with Crippen LogP contribution < -0.4 is 10.2 Å². The fraction of sp³-hybridized carbons (Fsp3) is 0.318. The molecule has 0 bridgehead atoms. The molecule has 8 nitrogen and oxygen atoms in total. The highest BCUT2D eigenvalue weighted by molar-refractivity contribution is 7.99. The lowest BCUT2D eigenvalue weighted by molar-refractivity contribution is 0.102. The number of pyridine rings is 2. The summed E-state index contributed by atoms with van der Waals surface area (Å²) in [6.45, 7) is 8.12. The number of hydrogen-bond donors (Lipinski definition) is 1. The van der Waals surface area contributed by atoms with Crippen molar-refractivity contribution in [1.82, 2.24) is 24.8 Å². The van der Waals surface area contributed by atoms with Crippen molar-refractivity contribution in [2.24, 2.45) is 0 Å². The number of carbonyl (C=O) groups is 1. The van der Waals surface area contributed by atoms with E-state index in [2.05, 4.69) is 32.1 Å². The molecule has 1 amide bonds. The molecule has 9 heteroatoms. The number of rotatable bonds is 5. The molecular formula is C22H25N7OS. The Balaban J connectivity index is 1.48. The van der Waals surface area contributed by atoms with Crippen LogP contribution in [0.15, 0.2) is 52.9 Å². The van der Waals surface area contributed by atoms with Crippen molar-refractivity contribution < 1.29 is 4.79 Å². The molecule has 1 fully saturated rings. The van der Waals surface area contributed by atoms with Crippen molar-refractivity contribution in [3.05, 3.63) is 59.9 Å². The zero-order chi connectivity index (χ0) is 21.8. The number of nitrogens with one attached hydrogen (secondary N) is 1. The zero-order valence-electron chi connectivity index (χ0n) is 17.9. The Morgan fingerprint density at radius 3 is 2.48 bits per heavy atom. The molecule has 3 aromatic heterocycles. The van der Waals surface area contributed by atoms with Gasteiger partial charge in [0.05, 0.1) is 29.0 Å². The quantitative estimate of drug-likeness (QED) is 0.612. The Kier molecular flexibility index (Phi) is 6.43. The first-order valence-electron chi connectivity index (χ1n) is 10.1. The van der Waals surface area contributed by atoms with Gasteiger partial charge in [-0.15, -0.1) is 0 Å². The number of hydrogen-bond acceptors (Lipinski definition) is 8. The maximum absolute atomic E-state index is 12.3. The Morgan fingerprint density at radius 1 is 1.06 bits per heavy atom. The van der Waals surface area contributed by atoms with E-state index in [1.807, 2.05) is 19.9 Å². The third kappa shape index (κ3) is 5.18. The second-order valence-corrected chi connectivity index (χ2v) is 8.54. The summed E-state index contributed by atoms with van der Waals surface area (Å²) in [6.07, 6.45) is 4.94. The topological polar surface area (TPSA) is 87.1 Å². The molecule has 0 atom stereocenters. The first-order chi connectivity index (χ1) is 15.0. The van der Waals surface area contributed by atoms with Crippen LogP contribution in [0.1, 0.15) is 21.9 Å². The number of carbonyl (C=O) groups excluding carboxylic acids is 1. The van der Waals surface area contributed by atoms with Gasteiger partial charge in [0, 0.05) is 43.5 Å². The molecule has 4 rings (SSSR count). The van der Waals surface area contributed by atoms with Crippen LogP contribution in [0.5, 0.6) is 0 Å². The van der Waals surface area contributed by atoms with E-state index in [1.165, 1.54) is 11.8 Å². The zero-order valence-corrected chi connectivity index (χ0v) is 18.7. The predicted molar refractivity (Wildman–Crippen MR) is 122 cm³/mol. The molecule has 1 aliphatic heterocycles. The van der Waals surface area contributed by atoms with Gasteiger partial charge < -0.3 is 15.1 Å². The standard InChI is InChI=1S/C22H25N7OS/c1-15-20(29-10-8-28(3)9-11-29)16(2)26-22(25-15)31-18-12-17(13-23-14-18)27-21(30)19-6-4-5-7-24-19/h4-7,12-14H,8-11H2,1-3H3,(H,27,30). The van der Waals surface area contributed by atoms with Crippen molar-refractivity contribution in [1.29, 1.82) is 0 Å². The second-order valence-electron chi connectivity index (χ2n) is 7.50. The van der Waals surface area contributed by atoms with Gasteiger partial charge in [-0.25, -0.2) is 9.97 Å². The van der Waals surface area contributed by atoms with E-state index < -0.39 is 0 Å². The number of amides is 1. The van der Waals surface area contributed by atoms with Gasteiger partial charge in [0.25, 0.3) is 5.91 Å². The monoisotopic (exact) mass is 435 g/mol. The molecular weight excluding hydrogens is 410 g/mol. The lowest BCUT2D eigenvalue weighted by Gasteiger charge is -2.35. The van der Waals surface area contributed by atoms with Crippen LogP contribution in [0.25, 0.3) is 0 Å². The van der Waals surface area contributed by atoms with Gasteiger partial charge in [-0.1, -0.05) is 6.07 Å². The van der Waals surface area contributed by atoms with Crippen LogP contribution >= 0.6 is 11.8 Å². The minimum absolute atomic E-state index is 0.274. The second kappa shape index (κ2) is 9.40. The van der Waals surface area contributed by atoms with Crippen LogP contribution in [0.2, 0.25) is 0 Å². The van der Waals surface area contributed by atoms with E-state index in [1.54, 1.807) is 36.8 Å². The lowest BCUT2D eigenvalue weighted by Crippen LogP contribution is -2.45. The van der Waals surface area contributed by atoms with Gasteiger partial charge in [0.2, 0.25) is 0 Å². The third-order valence-corrected chi connectivity index (χ3v) is 5.93. The highest BCUT2D eigenvalue weighted by atomic mass is 32.2. The van der Waals surface area contributed by atoms with Crippen molar-refractivity contribution in [3.63, 3.8) is 0 Å². The smallest absolute Gasteiger partial charge is 0.274 e. The van der Waals surface area contributed by atoms with Crippen molar-refractivity contribution in [3.8, 4) is 0 Å². The van der Waals surface area contributed by atoms with Crippen molar-refractivity contribution in [2.45, 2.75) is 23.9 Å². The molecule has 0 spiro atoms. The van der Waals surface area contributed by atoms with Gasteiger partial charge in [-0.05, 0) is 50.9 Å². The highest BCUT2D eigenvalue weighted by Gasteiger charge is 2.20. The summed E-state index contributed by atoms with van der Waals surface area (Å²) in [7, 11) is 2.15. The van der Waals surface area contributed by atoms with E-state index in [-0.39, 0.29) is 5.91 Å². The van der Waals surface area contributed by atoms with E-state index in [4.69, 9.17) is 9.97 Å². The van der Waals surface area contributed by atoms with E-state index >= 15 is 0 Å². The first-order valence-corrected chi connectivity index (χ1v) is 11.0. The summed E-state index contributed by atoms with van der Waals surface area (Å²) in [6, 6.07) is 7.08. The van der Waals surface area contributed by atoms with Gasteiger partial charge in [-0.2, -0.15) is 0 Å². The molecule has 3 aromatic rings. The fourth-order valence-corrected chi connectivity index (χ4v) is 4.43. The number of piperazine rings is 1. The molecule has 0 saturated carbocycles. The molecule has 0 aliphatic carbocycles. The van der Waals surface area contributed by atoms with Crippen LogP contribution in [0.4, 0.5) is 11.4 Å². The highest BCUT2D eigenvalue weighted by Crippen LogP contribution is 2.30. The number of aryl methyl sites for hydroxylation is 2. The van der Waals surface area contributed by atoms with Crippen LogP contribution in [-0.4, -0.2) is 64.0 Å². The van der Waals surface area contributed by atoms with Crippen molar-refractivity contribution >= 4 is 29.0 Å². The number of aromatic nitrogens is 4. The molecule has 0 aromatic carbocycles. The SMILES string of the molecule is Cc1nc(Sc2cncc(NC(=O)c3ccccn3)c2)nc(C)c1N1CCN(C)CC1. The third-order valence-electron chi connectivity index (χ3n) is 5.11. The molecule has 4 heterocycles. The van der Waals surface area contributed by atoms with Crippen LogP contribution in [0.3, 0.4) is 0 Å². The van der Waals surface area contributed by atoms with Crippen LogP contribution in [0, 0.1) is 13.8 Å². The minimum Gasteiger partial charge on any atom is -0.366 e. The lowest BCUT2D eigenvalue weighted by atomic mass is 10.2. The fourth-order valence-electron chi connectivity index (χ4n) is 3.55. The average molecular weight is 436 g/mol. The Morgan fingerprint density at radius 2 is 1.81 bits per heavy atom. The Labute approximate surface area is 186 Å². The maximum Gasteiger partial charge on any atom is 0.274 e. The van der Waals surface area contributed by atoms with Gasteiger partial charge in [0.15, 0.2) is 5.16 Å². The Hall–Kier alpha value is -3.04. The van der Waals surface area contributed by atoms with Gasteiger partial charge >= 0.3 is 0 Å². The van der Waals surface area contributed by atoms with E-state index in [9.17, 15) is 4.79 Å². The summed E-state index contributed by atoms with van der Waals surface area (Å²) >= 11 is 1.43. The average Bonchev–Trinajstić information content (AvgIpc) is 2.75.